The minimum absolute atomic E-state index is 0.0265. The molecule has 2 rings (SSSR count). The predicted octanol–water partition coefficient (Wildman–Crippen LogP) is 1.75. The molecule has 0 radical (unpaired) electrons. The monoisotopic (exact) mass is 335 g/mol. The van der Waals surface area contributed by atoms with Crippen LogP contribution < -0.4 is 0 Å². The molecule has 1 heterocycles. The lowest BCUT2D eigenvalue weighted by atomic mass is 9.96. The van der Waals surface area contributed by atoms with E-state index < -0.39 is 10.0 Å². The zero-order valence-electron chi connectivity index (χ0n) is 10.6. The lowest BCUT2D eigenvalue weighted by molar-refractivity contribution is 0.295. The lowest BCUT2D eigenvalue weighted by Crippen LogP contribution is -2.44. The number of alkyl halides is 1. The molecule has 5 nitrogen and oxygen atoms in total. The average molecular weight is 336 g/mol. The molecule has 1 aliphatic rings. The van der Waals surface area contributed by atoms with Gasteiger partial charge in [0, 0.05) is 25.0 Å². The predicted molar refractivity (Wildman–Crippen MR) is 73.1 cm³/mol. The fraction of sp³-hybridized carbons (Fsp3) is 0.727. The summed E-state index contributed by atoms with van der Waals surface area (Å²) in [6.07, 6.45) is 5.68. The number of hydrogen-bond donors (Lipinski definition) is 0. The summed E-state index contributed by atoms with van der Waals surface area (Å²) in [5.41, 5.74) is 0. The first kappa shape index (κ1) is 14.0. The molecule has 0 spiro atoms. The van der Waals surface area contributed by atoms with Gasteiger partial charge in [0.25, 0.3) is 10.0 Å². The van der Waals surface area contributed by atoms with E-state index >= 15 is 0 Å². The fourth-order valence-corrected chi connectivity index (χ4v) is 5.03. The largest absolute Gasteiger partial charge is 0.260 e. The Balaban J connectivity index is 2.27. The Morgan fingerprint density at radius 2 is 2.11 bits per heavy atom. The van der Waals surface area contributed by atoms with Crippen LogP contribution in [0.2, 0.25) is 0 Å². The molecule has 1 aromatic rings. The van der Waals surface area contributed by atoms with Gasteiger partial charge < -0.3 is 0 Å². The Bertz CT molecular complexity index is 514. The normalized spacial score (nSPS) is 25.6. The van der Waals surface area contributed by atoms with Crippen LogP contribution >= 0.6 is 15.9 Å². The number of halogens is 1. The van der Waals surface area contributed by atoms with Crippen LogP contribution in [0.4, 0.5) is 0 Å². The third-order valence-corrected chi connectivity index (χ3v) is 6.56. The zero-order valence-corrected chi connectivity index (χ0v) is 13.0. The van der Waals surface area contributed by atoms with Crippen molar-refractivity contribution in [2.75, 3.05) is 7.05 Å². The first-order valence-electron chi connectivity index (χ1n) is 6.04. The molecule has 102 valence electrons. The Morgan fingerprint density at radius 1 is 1.44 bits per heavy atom. The second kappa shape index (κ2) is 5.30. The molecule has 0 amide bonds. The summed E-state index contributed by atoms with van der Waals surface area (Å²) in [5.74, 6) is 0. The van der Waals surface area contributed by atoms with Crippen LogP contribution in [0.5, 0.6) is 0 Å². The zero-order chi connectivity index (χ0) is 13.3. The van der Waals surface area contributed by atoms with Gasteiger partial charge in [0.15, 0.2) is 5.03 Å². The number of rotatable bonds is 3. The van der Waals surface area contributed by atoms with Crippen molar-refractivity contribution in [3.8, 4) is 0 Å². The summed E-state index contributed by atoms with van der Waals surface area (Å²) in [7, 11) is -0.150. The summed E-state index contributed by atoms with van der Waals surface area (Å²) in [4.78, 5) is 0.235. The summed E-state index contributed by atoms with van der Waals surface area (Å²) in [6.45, 7) is 0. The van der Waals surface area contributed by atoms with Crippen LogP contribution in [-0.4, -0.2) is 40.4 Å². The lowest BCUT2D eigenvalue weighted by Gasteiger charge is -2.34. The molecule has 1 saturated carbocycles. The molecule has 1 aliphatic carbocycles. The van der Waals surface area contributed by atoms with Gasteiger partial charge in [-0.1, -0.05) is 28.8 Å². The van der Waals surface area contributed by atoms with Gasteiger partial charge in [-0.3, -0.25) is 4.68 Å². The van der Waals surface area contributed by atoms with Crippen molar-refractivity contribution in [3.05, 3.63) is 12.3 Å². The summed E-state index contributed by atoms with van der Waals surface area (Å²) < 4.78 is 27.9. The molecule has 2 unspecified atom stereocenters. The Kier molecular flexibility index (Phi) is 4.13. The summed E-state index contributed by atoms with van der Waals surface area (Å²) >= 11 is 3.60. The molecule has 1 fully saturated rings. The van der Waals surface area contributed by atoms with E-state index in [0.717, 1.165) is 25.7 Å². The molecular formula is C11H18BrN3O2S. The van der Waals surface area contributed by atoms with Crippen molar-refractivity contribution in [1.29, 1.82) is 0 Å². The van der Waals surface area contributed by atoms with Gasteiger partial charge in [-0.25, -0.2) is 8.42 Å². The minimum Gasteiger partial charge on any atom is -0.256 e. The highest BCUT2D eigenvalue weighted by Crippen LogP contribution is 2.30. The molecule has 0 aliphatic heterocycles. The fourth-order valence-electron chi connectivity index (χ4n) is 2.42. The van der Waals surface area contributed by atoms with E-state index in [0.29, 0.717) is 0 Å². The quantitative estimate of drug-likeness (QED) is 0.790. The van der Waals surface area contributed by atoms with Crippen molar-refractivity contribution < 1.29 is 8.42 Å². The molecule has 7 heteroatoms. The minimum atomic E-state index is -3.46. The number of sulfonamides is 1. The maximum atomic E-state index is 12.5. The van der Waals surface area contributed by atoms with Crippen LogP contribution in [0.15, 0.2) is 17.3 Å². The Labute approximate surface area is 116 Å². The van der Waals surface area contributed by atoms with Gasteiger partial charge in [0.1, 0.15) is 0 Å². The number of aryl methyl sites for hydroxylation is 1. The maximum Gasteiger partial charge on any atom is 0.260 e. The second-order valence-electron chi connectivity index (χ2n) is 4.68. The van der Waals surface area contributed by atoms with Crippen molar-refractivity contribution in [2.24, 2.45) is 7.05 Å². The molecule has 2 atom stereocenters. The number of nitrogens with zero attached hydrogens (tertiary/aromatic N) is 3. The molecule has 0 bridgehead atoms. The van der Waals surface area contributed by atoms with E-state index in [1.165, 1.54) is 21.3 Å². The van der Waals surface area contributed by atoms with Gasteiger partial charge in [-0.05, 0) is 18.9 Å². The van der Waals surface area contributed by atoms with E-state index in [4.69, 9.17) is 0 Å². The maximum absolute atomic E-state index is 12.5. The van der Waals surface area contributed by atoms with E-state index in [2.05, 4.69) is 21.0 Å². The topological polar surface area (TPSA) is 55.2 Å². The Hall–Kier alpha value is -0.400. The average Bonchev–Trinajstić information content (AvgIpc) is 2.76. The third kappa shape index (κ3) is 2.48. The summed E-state index contributed by atoms with van der Waals surface area (Å²) in [6, 6.07) is 1.57. The standard InChI is InChI=1S/C11H18BrN3O2S/c1-14-11(7-8-13-14)18(16,17)15(2)10-6-4-3-5-9(10)12/h7-10H,3-6H2,1-2H3. The number of aromatic nitrogens is 2. The highest BCUT2D eigenvalue weighted by molar-refractivity contribution is 9.09. The molecule has 0 saturated heterocycles. The van der Waals surface area contributed by atoms with Gasteiger partial charge in [0.05, 0.1) is 6.20 Å². The van der Waals surface area contributed by atoms with Gasteiger partial charge in [-0.2, -0.15) is 9.40 Å². The SMILES string of the molecule is CN(C1CCCCC1Br)S(=O)(=O)c1ccnn1C. The van der Waals surface area contributed by atoms with Crippen molar-refractivity contribution in [2.45, 2.75) is 41.6 Å². The van der Waals surface area contributed by atoms with Crippen LogP contribution in [0.3, 0.4) is 0 Å². The van der Waals surface area contributed by atoms with Crippen LogP contribution in [0.1, 0.15) is 25.7 Å². The summed E-state index contributed by atoms with van der Waals surface area (Å²) in [5, 5.41) is 4.17. The third-order valence-electron chi connectivity index (χ3n) is 3.53. The molecule has 1 aromatic heterocycles. The van der Waals surface area contributed by atoms with E-state index in [9.17, 15) is 8.42 Å². The first-order chi connectivity index (χ1) is 8.44. The van der Waals surface area contributed by atoms with Gasteiger partial charge >= 0.3 is 0 Å². The van der Waals surface area contributed by atoms with Crippen LogP contribution in [0, 0.1) is 0 Å². The van der Waals surface area contributed by atoms with Crippen molar-refractivity contribution in [3.63, 3.8) is 0 Å². The van der Waals surface area contributed by atoms with E-state index in [-0.39, 0.29) is 15.9 Å². The highest BCUT2D eigenvalue weighted by atomic mass is 79.9. The second-order valence-corrected chi connectivity index (χ2v) is 7.80. The van der Waals surface area contributed by atoms with Crippen LogP contribution in [-0.2, 0) is 17.1 Å². The van der Waals surface area contributed by atoms with Crippen molar-refractivity contribution in [1.82, 2.24) is 14.1 Å². The molecule has 0 aromatic carbocycles. The molecular weight excluding hydrogens is 318 g/mol. The van der Waals surface area contributed by atoms with Gasteiger partial charge in [-0.15, -0.1) is 0 Å². The van der Waals surface area contributed by atoms with E-state index in [1.807, 2.05) is 0 Å². The van der Waals surface area contributed by atoms with Crippen molar-refractivity contribution >= 4 is 26.0 Å². The molecule has 18 heavy (non-hydrogen) atoms. The Morgan fingerprint density at radius 3 is 2.67 bits per heavy atom. The van der Waals surface area contributed by atoms with E-state index in [1.54, 1.807) is 14.1 Å². The number of hydrogen-bond acceptors (Lipinski definition) is 3. The van der Waals surface area contributed by atoms with Crippen LogP contribution in [0.25, 0.3) is 0 Å². The first-order valence-corrected chi connectivity index (χ1v) is 8.40. The van der Waals surface area contributed by atoms with Gasteiger partial charge in [0.2, 0.25) is 0 Å². The molecule has 0 N–H and O–H groups in total. The smallest absolute Gasteiger partial charge is 0.256 e. The highest BCUT2D eigenvalue weighted by Gasteiger charge is 2.35.